The molecule has 0 aliphatic heterocycles. The SMILES string of the molecule is CC[C@H](C)NC(=O)[C@@H](C)N(Cc1cccc(C)c1)C(=O)CCCN(c1ccc(F)cc1)S(C)(=O)=O. The van der Waals surface area contributed by atoms with E-state index in [0.717, 1.165) is 28.1 Å². The van der Waals surface area contributed by atoms with E-state index in [1.165, 1.54) is 29.2 Å². The van der Waals surface area contributed by atoms with Gasteiger partial charge in [-0.15, -0.1) is 0 Å². The first-order valence-corrected chi connectivity index (χ1v) is 13.7. The lowest BCUT2D eigenvalue weighted by molar-refractivity contribution is -0.140. The summed E-state index contributed by atoms with van der Waals surface area (Å²) in [5, 5.41) is 2.93. The number of hydrogen-bond acceptors (Lipinski definition) is 4. The molecule has 0 heterocycles. The standard InChI is InChI=1S/C26H36FN3O4S/c1-6-20(3)28-26(32)21(4)29(18-22-10-7-9-19(2)17-22)25(31)11-8-16-30(35(5,33)34)24-14-12-23(27)13-15-24/h7,9-10,12-15,17,20-21H,6,8,11,16,18H2,1-5H3,(H,28,32)/t20-,21+/m0/s1. The van der Waals surface area contributed by atoms with E-state index >= 15 is 0 Å². The summed E-state index contributed by atoms with van der Waals surface area (Å²) in [5.41, 5.74) is 2.29. The molecule has 9 heteroatoms. The quantitative estimate of drug-likeness (QED) is 0.472. The molecule has 2 rings (SSSR count). The van der Waals surface area contributed by atoms with Gasteiger partial charge in [0.2, 0.25) is 21.8 Å². The lowest BCUT2D eigenvalue weighted by Crippen LogP contribution is -2.49. The zero-order chi connectivity index (χ0) is 26.2. The number of benzene rings is 2. The van der Waals surface area contributed by atoms with Crippen LogP contribution in [0.15, 0.2) is 48.5 Å². The van der Waals surface area contributed by atoms with E-state index in [4.69, 9.17) is 0 Å². The van der Waals surface area contributed by atoms with Gasteiger partial charge in [0.05, 0.1) is 11.9 Å². The van der Waals surface area contributed by atoms with Gasteiger partial charge >= 0.3 is 0 Å². The molecular weight excluding hydrogens is 469 g/mol. The van der Waals surface area contributed by atoms with Gasteiger partial charge in [-0.1, -0.05) is 36.8 Å². The van der Waals surface area contributed by atoms with Crippen molar-refractivity contribution in [1.29, 1.82) is 0 Å². The number of hydrogen-bond donors (Lipinski definition) is 1. The van der Waals surface area contributed by atoms with Crippen LogP contribution in [0.4, 0.5) is 10.1 Å². The maximum absolute atomic E-state index is 13.3. The van der Waals surface area contributed by atoms with Crippen molar-refractivity contribution in [1.82, 2.24) is 10.2 Å². The number of aryl methyl sites for hydroxylation is 1. The highest BCUT2D eigenvalue weighted by atomic mass is 32.2. The van der Waals surface area contributed by atoms with E-state index in [0.29, 0.717) is 5.69 Å². The fraction of sp³-hybridized carbons (Fsp3) is 0.462. The molecule has 0 aromatic heterocycles. The van der Waals surface area contributed by atoms with Gasteiger partial charge in [-0.25, -0.2) is 12.8 Å². The molecule has 0 saturated carbocycles. The van der Waals surface area contributed by atoms with E-state index in [1.54, 1.807) is 6.92 Å². The number of nitrogens with one attached hydrogen (secondary N) is 1. The Labute approximate surface area is 208 Å². The van der Waals surface area contributed by atoms with Gasteiger partial charge < -0.3 is 10.2 Å². The third-order valence-electron chi connectivity index (χ3n) is 5.87. The Bertz CT molecular complexity index is 1110. The predicted molar refractivity (Wildman–Crippen MR) is 137 cm³/mol. The smallest absolute Gasteiger partial charge is 0.242 e. The van der Waals surface area contributed by atoms with Crippen LogP contribution in [0, 0.1) is 12.7 Å². The highest BCUT2D eigenvalue weighted by Crippen LogP contribution is 2.20. The van der Waals surface area contributed by atoms with Crippen LogP contribution in [0.2, 0.25) is 0 Å². The number of carbonyl (C=O) groups excluding carboxylic acids is 2. The van der Waals surface area contributed by atoms with Gasteiger partial charge in [-0.2, -0.15) is 0 Å². The molecule has 192 valence electrons. The van der Waals surface area contributed by atoms with Gasteiger partial charge in [0.25, 0.3) is 0 Å². The summed E-state index contributed by atoms with van der Waals surface area (Å²) >= 11 is 0. The Morgan fingerprint density at radius 3 is 2.31 bits per heavy atom. The first-order valence-electron chi connectivity index (χ1n) is 11.8. The molecule has 7 nitrogen and oxygen atoms in total. The van der Waals surface area contributed by atoms with Crippen molar-refractivity contribution in [3.8, 4) is 0 Å². The van der Waals surface area contributed by atoms with Crippen LogP contribution in [0.5, 0.6) is 0 Å². The van der Waals surface area contributed by atoms with E-state index < -0.39 is 21.9 Å². The Kier molecular flexibility index (Phi) is 10.2. The minimum atomic E-state index is -3.63. The zero-order valence-electron chi connectivity index (χ0n) is 21.1. The van der Waals surface area contributed by atoms with E-state index in [1.807, 2.05) is 45.0 Å². The van der Waals surface area contributed by atoms with Crippen LogP contribution in [0.25, 0.3) is 0 Å². The van der Waals surface area contributed by atoms with Crippen molar-refractivity contribution in [3.05, 3.63) is 65.5 Å². The summed E-state index contributed by atoms with van der Waals surface area (Å²) in [6.07, 6.45) is 2.14. The third kappa shape index (κ3) is 8.65. The summed E-state index contributed by atoms with van der Waals surface area (Å²) in [5.74, 6) is -0.941. The van der Waals surface area contributed by atoms with Gasteiger partial charge in [0.15, 0.2) is 0 Å². The van der Waals surface area contributed by atoms with Crippen LogP contribution in [-0.2, 0) is 26.2 Å². The summed E-state index contributed by atoms with van der Waals surface area (Å²) in [4.78, 5) is 27.6. The van der Waals surface area contributed by atoms with Gasteiger partial charge in [-0.3, -0.25) is 13.9 Å². The van der Waals surface area contributed by atoms with Crippen molar-refractivity contribution in [3.63, 3.8) is 0 Å². The molecule has 2 aromatic rings. The second-order valence-electron chi connectivity index (χ2n) is 8.92. The largest absolute Gasteiger partial charge is 0.352 e. The lowest BCUT2D eigenvalue weighted by Gasteiger charge is -2.30. The number of amides is 2. The fourth-order valence-electron chi connectivity index (χ4n) is 3.67. The Morgan fingerprint density at radius 1 is 1.09 bits per heavy atom. The normalized spacial score (nSPS) is 13.1. The minimum absolute atomic E-state index is 0.0140. The summed E-state index contributed by atoms with van der Waals surface area (Å²) < 4.78 is 39.1. The zero-order valence-corrected chi connectivity index (χ0v) is 21.9. The predicted octanol–water partition coefficient (Wildman–Crippen LogP) is 4.01. The lowest BCUT2D eigenvalue weighted by atomic mass is 10.1. The summed E-state index contributed by atoms with van der Waals surface area (Å²) in [6, 6.07) is 12.2. The van der Waals surface area contributed by atoms with Crippen LogP contribution in [0.1, 0.15) is 51.2 Å². The molecule has 2 atom stereocenters. The van der Waals surface area contributed by atoms with Crippen molar-refractivity contribution in [2.75, 3.05) is 17.1 Å². The molecule has 0 bridgehead atoms. The number of carbonyl (C=O) groups is 2. The Hall–Kier alpha value is -2.94. The maximum atomic E-state index is 13.3. The molecular formula is C26H36FN3O4S. The van der Waals surface area contributed by atoms with E-state index in [2.05, 4.69) is 5.32 Å². The second kappa shape index (κ2) is 12.7. The molecule has 0 aliphatic rings. The number of anilines is 1. The number of rotatable bonds is 12. The summed E-state index contributed by atoms with van der Waals surface area (Å²) in [7, 11) is -3.63. The molecule has 1 N–H and O–H groups in total. The van der Waals surface area contributed by atoms with Crippen LogP contribution in [-0.4, -0.2) is 50.0 Å². The van der Waals surface area contributed by atoms with Crippen molar-refractivity contribution < 1.29 is 22.4 Å². The Morgan fingerprint density at radius 2 is 1.74 bits per heavy atom. The van der Waals surface area contributed by atoms with Crippen LogP contribution >= 0.6 is 0 Å². The maximum Gasteiger partial charge on any atom is 0.242 e. The van der Waals surface area contributed by atoms with Gasteiger partial charge in [-0.05, 0) is 63.4 Å². The van der Waals surface area contributed by atoms with Crippen LogP contribution < -0.4 is 9.62 Å². The van der Waals surface area contributed by atoms with Crippen molar-refractivity contribution >= 4 is 27.5 Å². The van der Waals surface area contributed by atoms with Gasteiger partial charge in [0, 0.05) is 25.6 Å². The molecule has 0 radical (unpaired) electrons. The molecule has 0 saturated heterocycles. The Balaban J connectivity index is 2.16. The topological polar surface area (TPSA) is 86.8 Å². The molecule has 0 spiro atoms. The highest BCUT2D eigenvalue weighted by Gasteiger charge is 2.27. The molecule has 0 aliphatic carbocycles. The number of sulfonamides is 1. The molecule has 2 amide bonds. The minimum Gasteiger partial charge on any atom is -0.352 e. The third-order valence-corrected chi connectivity index (χ3v) is 7.06. The molecule has 35 heavy (non-hydrogen) atoms. The molecule has 2 aromatic carbocycles. The summed E-state index contributed by atoms with van der Waals surface area (Å²) in [6.45, 7) is 7.87. The fourth-order valence-corrected chi connectivity index (χ4v) is 4.63. The van der Waals surface area contributed by atoms with Crippen molar-refractivity contribution in [2.24, 2.45) is 0 Å². The monoisotopic (exact) mass is 505 g/mol. The van der Waals surface area contributed by atoms with Gasteiger partial charge in [0.1, 0.15) is 11.9 Å². The second-order valence-corrected chi connectivity index (χ2v) is 10.8. The first kappa shape index (κ1) is 28.3. The van der Waals surface area contributed by atoms with E-state index in [9.17, 15) is 22.4 Å². The molecule has 0 unspecified atom stereocenters. The van der Waals surface area contributed by atoms with Crippen LogP contribution in [0.3, 0.4) is 0 Å². The van der Waals surface area contributed by atoms with E-state index in [-0.39, 0.29) is 43.8 Å². The number of nitrogens with zero attached hydrogens (tertiary/aromatic N) is 2. The average molecular weight is 506 g/mol. The highest BCUT2D eigenvalue weighted by molar-refractivity contribution is 7.92. The molecule has 0 fully saturated rings. The number of halogens is 1. The average Bonchev–Trinajstić information content (AvgIpc) is 2.79. The van der Waals surface area contributed by atoms with Crippen molar-refractivity contribution in [2.45, 2.75) is 65.6 Å². The first-order chi connectivity index (χ1) is 16.4.